The van der Waals surface area contributed by atoms with Crippen molar-refractivity contribution in [3.63, 3.8) is 0 Å². The Kier molecular flexibility index (Phi) is 13.2. The molecule has 2 aromatic carbocycles. The third-order valence-corrected chi connectivity index (χ3v) is 11.8. The second-order valence-electron chi connectivity index (χ2n) is 15.9. The Balaban J connectivity index is 0.806. The Labute approximate surface area is 347 Å². The Hall–Kier alpha value is -6.51. The third kappa shape index (κ3) is 9.84. The molecule has 15 heteroatoms. The van der Waals surface area contributed by atoms with Crippen molar-refractivity contribution in [2.24, 2.45) is 11.8 Å². The number of rotatable bonds is 13. The minimum Gasteiger partial charge on any atom is -0.353 e. The van der Waals surface area contributed by atoms with Crippen LogP contribution in [-0.2, 0) is 19.2 Å². The Morgan fingerprint density at radius 1 is 0.767 bits per heavy atom. The summed E-state index contributed by atoms with van der Waals surface area (Å²) in [7, 11) is 0. The molecule has 3 aromatic rings. The van der Waals surface area contributed by atoms with Crippen LogP contribution in [0.2, 0.25) is 0 Å². The van der Waals surface area contributed by atoms with Crippen LogP contribution >= 0.6 is 0 Å². The Morgan fingerprint density at radius 2 is 1.43 bits per heavy atom. The summed E-state index contributed by atoms with van der Waals surface area (Å²) in [6.45, 7) is 2.90. The fraction of sp³-hybridized carbons (Fsp3) is 0.400. The summed E-state index contributed by atoms with van der Waals surface area (Å²) in [5.41, 5.74) is 2.20. The molecule has 1 atom stereocenters. The van der Waals surface area contributed by atoms with E-state index in [1.165, 1.54) is 12.1 Å². The first-order valence-electron chi connectivity index (χ1n) is 20.7. The van der Waals surface area contributed by atoms with E-state index in [4.69, 9.17) is 0 Å². The second-order valence-corrected chi connectivity index (χ2v) is 15.9. The van der Waals surface area contributed by atoms with Gasteiger partial charge in [-0.15, -0.1) is 0 Å². The van der Waals surface area contributed by atoms with Crippen molar-refractivity contribution in [2.45, 2.75) is 70.3 Å². The smallest absolute Gasteiger partial charge is 0.264 e. The molecule has 0 spiro atoms. The van der Waals surface area contributed by atoms with Gasteiger partial charge in [0.15, 0.2) is 0 Å². The number of piperidine rings is 3. The van der Waals surface area contributed by atoms with Crippen LogP contribution in [0.5, 0.6) is 0 Å². The van der Waals surface area contributed by atoms with Crippen LogP contribution < -0.4 is 16.0 Å². The lowest BCUT2D eigenvalue weighted by molar-refractivity contribution is -0.136. The molecular weight excluding hydrogens is 767 g/mol. The summed E-state index contributed by atoms with van der Waals surface area (Å²) >= 11 is 0. The molecule has 3 N–H and O–H groups in total. The number of unbranched alkanes of at least 4 members (excludes halogenated alkanes) is 1. The highest BCUT2D eigenvalue weighted by molar-refractivity contribution is 6.26. The molecule has 0 aliphatic carbocycles. The third-order valence-electron chi connectivity index (χ3n) is 11.8. The SMILES string of the molecule is O=C(/C=C/c1cccnc1)NCCCCC1CCN(C(=O)c2ccc(C(=O)N3CCC(CC(=O)Nc4cccc5c4C(=O)N(C4CCC(=O)NC4=O)C5=O)CC3)cc2)CC1. The van der Waals surface area contributed by atoms with Crippen LogP contribution in [-0.4, -0.2) is 106 Å². The van der Waals surface area contributed by atoms with Crippen LogP contribution in [0, 0.1) is 11.8 Å². The number of carbonyl (C=O) groups is 8. The zero-order chi connectivity index (χ0) is 42.2. The highest BCUT2D eigenvalue weighted by Crippen LogP contribution is 2.33. The molecule has 312 valence electrons. The Bertz CT molecular complexity index is 2170. The lowest BCUT2D eigenvalue weighted by Crippen LogP contribution is -2.54. The normalized spacial score (nSPS) is 18.7. The number of carbonyl (C=O) groups excluding carboxylic acids is 8. The fourth-order valence-corrected chi connectivity index (χ4v) is 8.44. The van der Waals surface area contributed by atoms with Crippen molar-refractivity contribution in [3.05, 3.63) is 101 Å². The van der Waals surface area contributed by atoms with Gasteiger partial charge in [0.25, 0.3) is 23.6 Å². The summed E-state index contributed by atoms with van der Waals surface area (Å²) < 4.78 is 0. The van der Waals surface area contributed by atoms with Crippen molar-refractivity contribution in [3.8, 4) is 0 Å². The molecule has 5 heterocycles. The number of benzene rings is 2. The number of hydrogen-bond donors (Lipinski definition) is 3. The molecule has 4 aliphatic heterocycles. The molecule has 0 radical (unpaired) electrons. The summed E-state index contributed by atoms with van der Waals surface area (Å²) in [6.07, 6.45) is 12.9. The number of fused-ring (bicyclic) bond motifs is 1. The van der Waals surface area contributed by atoms with E-state index in [2.05, 4.69) is 20.9 Å². The van der Waals surface area contributed by atoms with Crippen molar-refractivity contribution in [1.82, 2.24) is 30.3 Å². The van der Waals surface area contributed by atoms with Gasteiger partial charge in [-0.1, -0.05) is 25.0 Å². The zero-order valence-electron chi connectivity index (χ0n) is 33.4. The number of imide groups is 2. The molecule has 15 nitrogen and oxygen atoms in total. The van der Waals surface area contributed by atoms with E-state index in [1.807, 2.05) is 17.0 Å². The van der Waals surface area contributed by atoms with Gasteiger partial charge in [-0.3, -0.25) is 53.6 Å². The van der Waals surface area contributed by atoms with Crippen molar-refractivity contribution in [1.29, 1.82) is 0 Å². The highest BCUT2D eigenvalue weighted by atomic mass is 16.2. The number of pyridine rings is 1. The largest absolute Gasteiger partial charge is 0.353 e. The molecule has 60 heavy (non-hydrogen) atoms. The Morgan fingerprint density at radius 3 is 2.07 bits per heavy atom. The zero-order valence-corrected chi connectivity index (χ0v) is 33.4. The molecule has 0 saturated carbocycles. The van der Waals surface area contributed by atoms with Crippen molar-refractivity contribution < 1.29 is 38.4 Å². The monoisotopic (exact) mass is 815 g/mol. The average molecular weight is 816 g/mol. The van der Waals surface area contributed by atoms with Crippen molar-refractivity contribution >= 4 is 59.0 Å². The van der Waals surface area contributed by atoms with E-state index in [9.17, 15) is 38.4 Å². The number of hydrogen-bond acceptors (Lipinski definition) is 9. The number of amides is 8. The molecule has 3 fully saturated rings. The number of nitrogens with zero attached hydrogens (tertiary/aromatic N) is 4. The molecular formula is C45H49N7O8. The molecule has 0 bridgehead atoms. The number of likely N-dealkylation sites (tertiary alicyclic amines) is 2. The quantitative estimate of drug-likeness (QED) is 0.129. The standard InChI is InChI=1S/C45H49N7O8/c53-37(15-9-31-6-4-21-46-28-31)47-22-2-1-5-29-17-23-50(24-18-29)42(57)32-10-12-33(13-11-32)43(58)51-25-19-30(20-26-51)27-39(55)48-35-8-3-7-34-40(35)45(60)52(44(34)59)36-14-16-38(54)49-41(36)56/h3-4,6-13,15,21,28-30,36H,1-2,5,14,16-20,22-27H2,(H,47,53)(H,48,55)(H,49,54,56)/b15-9+. The van der Waals surface area contributed by atoms with E-state index in [0.717, 1.165) is 42.6 Å². The van der Waals surface area contributed by atoms with Gasteiger partial charge in [0.2, 0.25) is 23.6 Å². The van der Waals surface area contributed by atoms with E-state index in [0.29, 0.717) is 62.6 Å². The second kappa shape index (κ2) is 19.0. The van der Waals surface area contributed by atoms with Gasteiger partial charge < -0.3 is 20.4 Å². The maximum absolute atomic E-state index is 13.4. The molecule has 1 aromatic heterocycles. The molecule has 7 rings (SSSR count). The van der Waals surface area contributed by atoms with E-state index < -0.39 is 29.7 Å². The first kappa shape index (κ1) is 41.6. The number of nitrogens with one attached hydrogen (secondary N) is 3. The topological polar surface area (TPSA) is 195 Å². The molecule has 1 unspecified atom stereocenters. The summed E-state index contributed by atoms with van der Waals surface area (Å²) in [5, 5.41) is 7.89. The number of anilines is 1. The van der Waals surface area contributed by atoms with Gasteiger partial charge in [-0.05, 0) is 104 Å². The first-order valence-corrected chi connectivity index (χ1v) is 20.7. The van der Waals surface area contributed by atoms with Crippen molar-refractivity contribution in [2.75, 3.05) is 38.0 Å². The highest BCUT2D eigenvalue weighted by Gasteiger charge is 2.46. The predicted octanol–water partition coefficient (Wildman–Crippen LogP) is 4.22. The van der Waals surface area contributed by atoms with Gasteiger partial charge in [-0.25, -0.2) is 0 Å². The summed E-state index contributed by atoms with van der Waals surface area (Å²) in [5.74, 6) is -2.62. The van der Waals surface area contributed by atoms with Crippen LogP contribution in [0.1, 0.15) is 111 Å². The summed E-state index contributed by atoms with van der Waals surface area (Å²) in [6, 6.07) is 14.0. The van der Waals surface area contributed by atoms with Crippen LogP contribution in [0.4, 0.5) is 5.69 Å². The minimum atomic E-state index is -1.11. The first-order chi connectivity index (χ1) is 29.0. The van der Waals surface area contributed by atoms with Gasteiger partial charge in [0.1, 0.15) is 6.04 Å². The van der Waals surface area contributed by atoms with Gasteiger partial charge in [0.05, 0.1) is 16.8 Å². The van der Waals surface area contributed by atoms with Crippen LogP contribution in [0.25, 0.3) is 6.08 Å². The van der Waals surface area contributed by atoms with E-state index >= 15 is 0 Å². The predicted molar refractivity (Wildman–Crippen MR) is 220 cm³/mol. The van der Waals surface area contributed by atoms with Gasteiger partial charge in [-0.2, -0.15) is 0 Å². The lowest BCUT2D eigenvalue weighted by atomic mass is 9.91. The molecule has 4 aliphatic rings. The average Bonchev–Trinajstić information content (AvgIpc) is 3.52. The number of aromatic nitrogens is 1. The molecule has 8 amide bonds. The lowest BCUT2D eigenvalue weighted by Gasteiger charge is -2.32. The maximum Gasteiger partial charge on any atom is 0.264 e. The van der Waals surface area contributed by atoms with Gasteiger partial charge in [0, 0.05) is 75.2 Å². The van der Waals surface area contributed by atoms with E-state index in [-0.39, 0.29) is 65.6 Å². The van der Waals surface area contributed by atoms with Gasteiger partial charge >= 0.3 is 0 Å². The van der Waals surface area contributed by atoms with Crippen LogP contribution in [0.15, 0.2) is 73.1 Å². The van der Waals surface area contributed by atoms with Crippen LogP contribution in [0.3, 0.4) is 0 Å². The summed E-state index contributed by atoms with van der Waals surface area (Å²) in [4.78, 5) is 111. The van der Waals surface area contributed by atoms with E-state index in [1.54, 1.807) is 59.8 Å². The maximum atomic E-state index is 13.4. The molecule has 3 saturated heterocycles. The fourth-order valence-electron chi connectivity index (χ4n) is 8.44. The minimum absolute atomic E-state index is 0.00697.